The molecule has 2 saturated carbocycles. The van der Waals surface area contributed by atoms with Crippen LogP contribution in [-0.4, -0.2) is 102 Å². The maximum absolute atomic E-state index is 10.5. The Morgan fingerprint density at radius 1 is 0.408 bits per heavy atom. The zero-order valence-corrected chi connectivity index (χ0v) is 54.4. The van der Waals surface area contributed by atoms with E-state index in [1.807, 2.05) is 70.2 Å². The second-order valence-electron chi connectivity index (χ2n) is 28.5. The Kier molecular flexibility index (Phi) is 20.4. The molecule has 10 atom stereocenters. The molecule has 0 bridgehead atoms. The number of rotatable bonds is 15. The molecule has 1 heterocycles. The summed E-state index contributed by atoms with van der Waals surface area (Å²) in [7, 11) is -5.67. The topological polar surface area (TPSA) is 114 Å². The fraction of sp³-hybridized carbons (Fsp3) is 0.683. The highest BCUT2D eigenvalue weighted by atomic mass is 28.4. The van der Waals surface area contributed by atoms with E-state index in [4.69, 9.17) is 37.0 Å². The summed E-state index contributed by atoms with van der Waals surface area (Å²) in [5.74, 6) is -0.608. The van der Waals surface area contributed by atoms with Gasteiger partial charge in [0.25, 0.3) is 0 Å². The van der Waals surface area contributed by atoms with Gasteiger partial charge in [0.1, 0.15) is 24.4 Å². The van der Waals surface area contributed by atoms with Crippen LogP contribution in [0.4, 0.5) is 0 Å². The maximum atomic E-state index is 10.5. The number of aliphatic hydroxyl groups is 2. The minimum Gasteiger partial charge on any atom is -0.411 e. The van der Waals surface area contributed by atoms with Crippen molar-refractivity contribution >= 4 is 25.0 Å². The smallest absolute Gasteiger partial charge is 0.192 e. The molecule has 3 aromatic rings. The third kappa shape index (κ3) is 16.4. The molecule has 2 N–H and O–H groups in total. The van der Waals surface area contributed by atoms with Crippen molar-refractivity contribution < 1.29 is 47.2 Å². The highest BCUT2D eigenvalue weighted by molar-refractivity contribution is 6.75. The minimum absolute atomic E-state index is 0.00393. The fourth-order valence-electron chi connectivity index (χ4n) is 9.64. The van der Waals surface area contributed by atoms with Gasteiger partial charge >= 0.3 is 0 Å². The van der Waals surface area contributed by atoms with Crippen molar-refractivity contribution in [1.29, 1.82) is 0 Å². The van der Waals surface area contributed by atoms with E-state index in [2.05, 4.69) is 190 Å². The van der Waals surface area contributed by atoms with Crippen LogP contribution in [0.15, 0.2) is 103 Å². The third-order valence-corrected chi connectivity index (χ3v) is 31.0. The van der Waals surface area contributed by atoms with E-state index in [0.717, 1.165) is 18.4 Å². The summed E-state index contributed by atoms with van der Waals surface area (Å²) in [6.07, 6.45) is 3.98. The second-order valence-corrected chi connectivity index (χ2v) is 42.8. The Hall–Kier alpha value is -2.35. The first-order valence-electron chi connectivity index (χ1n) is 28.2. The monoisotopic (exact) mass is 1100 g/mol. The third-order valence-electron chi connectivity index (χ3n) is 17.4. The zero-order valence-electron chi connectivity index (χ0n) is 51.4. The van der Waals surface area contributed by atoms with E-state index in [0.29, 0.717) is 6.42 Å². The van der Waals surface area contributed by atoms with Crippen molar-refractivity contribution in [3.8, 4) is 0 Å². The molecule has 3 aliphatic carbocycles. The zero-order chi connectivity index (χ0) is 57.3. The number of fused-ring (bicyclic) bond motifs is 1. The van der Waals surface area contributed by atoms with Crippen LogP contribution in [-0.2, 0) is 53.8 Å². The van der Waals surface area contributed by atoms with Gasteiger partial charge in [-0.15, -0.1) is 0 Å². The van der Waals surface area contributed by atoms with E-state index >= 15 is 0 Å². The van der Waals surface area contributed by atoms with Crippen molar-refractivity contribution in [2.75, 3.05) is 0 Å². The summed E-state index contributed by atoms with van der Waals surface area (Å²) in [6.45, 7) is 50.2. The van der Waals surface area contributed by atoms with Crippen molar-refractivity contribution in [2.45, 2.75) is 275 Å². The van der Waals surface area contributed by atoms with Crippen LogP contribution in [0.25, 0.3) is 0 Å². The highest BCUT2D eigenvalue weighted by Gasteiger charge is 2.58. The lowest BCUT2D eigenvalue weighted by Gasteiger charge is -2.39. The van der Waals surface area contributed by atoms with E-state index in [-0.39, 0.29) is 63.4 Å². The molecule has 0 amide bonds. The van der Waals surface area contributed by atoms with E-state index in [1.54, 1.807) is 0 Å². The highest BCUT2D eigenvalue weighted by Crippen LogP contribution is 2.47. The van der Waals surface area contributed by atoms with Crippen molar-refractivity contribution in [2.24, 2.45) is 0 Å². The molecule has 0 unspecified atom stereocenters. The van der Waals surface area contributed by atoms with Gasteiger partial charge in [-0.2, -0.15) is 0 Å². The SMILES string of the molecule is CC(C)(O[C@@H]1C[C@H](O[Si](C)(C)C(C)(C)C)[C@@H](O)[C@H]1O)c1ccccc1.CC(C)(O[C@H]1C=C[C@@H](O[Si](C)(C)C(C)(C)C)C1)c1ccccc1.CC1(C)O[C@@H]2[C@H](O1)[C@@H](O[Si](C)(C)C(C)(C)C)C[C@H]2OC(C)(C)c1ccccc1. The molecule has 0 spiro atoms. The van der Waals surface area contributed by atoms with Crippen molar-refractivity contribution in [3.05, 3.63) is 120 Å². The van der Waals surface area contributed by atoms with Crippen LogP contribution in [0, 0.1) is 0 Å². The first kappa shape index (κ1) is 64.5. The summed E-state index contributed by atoms with van der Waals surface area (Å²) in [5.41, 5.74) is 2.19. The summed E-state index contributed by atoms with van der Waals surface area (Å²) >= 11 is 0. The Balaban J connectivity index is 0.000000212. The predicted octanol–water partition coefficient (Wildman–Crippen LogP) is 15.1. The first-order valence-corrected chi connectivity index (χ1v) is 36.9. The van der Waals surface area contributed by atoms with Crippen molar-refractivity contribution in [3.63, 3.8) is 0 Å². The second kappa shape index (κ2) is 24.0. The number of benzene rings is 3. The molecular formula is C63H104O10Si3. The largest absolute Gasteiger partial charge is 0.411 e. The molecule has 3 aromatic carbocycles. The lowest BCUT2D eigenvalue weighted by atomic mass is 9.97. The average molecular weight is 1110 g/mol. The lowest BCUT2D eigenvalue weighted by molar-refractivity contribution is -0.188. The molecule has 76 heavy (non-hydrogen) atoms. The quantitative estimate of drug-likeness (QED) is 0.113. The Bertz CT molecular complexity index is 2300. The number of ether oxygens (including phenoxy) is 5. The molecule has 4 aliphatic rings. The van der Waals surface area contributed by atoms with Crippen LogP contribution < -0.4 is 0 Å². The van der Waals surface area contributed by atoms with Gasteiger partial charge in [0.05, 0.1) is 53.4 Å². The molecule has 13 heteroatoms. The number of hydrogen-bond donors (Lipinski definition) is 2. The Morgan fingerprint density at radius 3 is 1.13 bits per heavy atom. The van der Waals surface area contributed by atoms with Gasteiger partial charge in [0, 0.05) is 19.3 Å². The Labute approximate surface area is 464 Å². The molecule has 3 fully saturated rings. The molecule has 428 valence electrons. The van der Waals surface area contributed by atoms with Crippen LogP contribution in [0.2, 0.25) is 54.4 Å². The van der Waals surface area contributed by atoms with E-state index in [1.165, 1.54) is 11.1 Å². The molecule has 1 saturated heterocycles. The maximum Gasteiger partial charge on any atom is 0.192 e. The van der Waals surface area contributed by atoms with E-state index < -0.39 is 60.3 Å². The summed E-state index contributed by atoms with van der Waals surface area (Å²) < 4.78 is 51.4. The number of aliphatic hydroxyl groups excluding tert-OH is 2. The van der Waals surface area contributed by atoms with E-state index in [9.17, 15) is 10.2 Å². The van der Waals surface area contributed by atoms with Gasteiger partial charge in [-0.25, -0.2) is 0 Å². The molecule has 0 aromatic heterocycles. The Morgan fingerprint density at radius 2 is 0.724 bits per heavy atom. The van der Waals surface area contributed by atoms with Gasteiger partial charge in [-0.05, 0) is 126 Å². The van der Waals surface area contributed by atoms with Crippen LogP contribution in [0.1, 0.15) is 154 Å². The standard InChI is InChI=1S/C23H38O4Si.C20H34O4Si.C20H32O2Si/c1-21(2,3)28(8,9)27-18-15-17(19-20(18)26-23(6,7)25-19)24-22(4,5)16-13-11-10-12-14-16;1-19(2,3)25(6,7)24-16-13-15(17(21)18(16)22)23-20(4,5)14-11-9-8-10-12-14;1-19(2,3)23(6,7)22-18-14-13-17(15-18)21-20(4,5)16-11-9-8-10-12-16/h10-14,17-20H,15H2,1-9H3;8-12,15-18,21-22H,13H2,1-7H3;8-14,17-18H,15H2,1-7H3/t17-,18+,19+,20-;15-,16+,17+,18-;17-,18+/m110/s1. The van der Waals surface area contributed by atoms with Gasteiger partial charge in [-0.1, -0.05) is 165 Å². The number of hydrogen-bond acceptors (Lipinski definition) is 10. The molecule has 0 radical (unpaired) electrons. The average Bonchev–Trinajstić information content (AvgIpc) is 4.02. The molecule has 7 rings (SSSR count). The fourth-order valence-corrected chi connectivity index (χ4v) is 13.6. The van der Waals surface area contributed by atoms with Crippen LogP contribution in [0.3, 0.4) is 0 Å². The molecule has 10 nitrogen and oxygen atoms in total. The van der Waals surface area contributed by atoms with Gasteiger partial charge in [0.15, 0.2) is 30.7 Å². The summed E-state index contributed by atoms with van der Waals surface area (Å²) in [5, 5.41) is 21.4. The van der Waals surface area contributed by atoms with Gasteiger partial charge < -0.3 is 47.2 Å². The van der Waals surface area contributed by atoms with Crippen molar-refractivity contribution in [1.82, 2.24) is 0 Å². The molecule has 1 aliphatic heterocycles. The summed E-state index contributed by atoms with van der Waals surface area (Å²) in [4.78, 5) is 0. The van der Waals surface area contributed by atoms with Crippen LogP contribution in [0.5, 0.6) is 0 Å². The van der Waals surface area contributed by atoms with Crippen LogP contribution >= 0.6 is 0 Å². The molecular weight excluding hydrogens is 1000 g/mol. The van der Waals surface area contributed by atoms with Gasteiger partial charge in [-0.3, -0.25) is 0 Å². The summed E-state index contributed by atoms with van der Waals surface area (Å²) in [6, 6.07) is 30.8. The first-order chi connectivity index (χ1) is 34.6. The predicted molar refractivity (Wildman–Crippen MR) is 318 cm³/mol. The normalized spacial score (nSPS) is 27.4. The minimum atomic E-state index is -2.02. The lowest BCUT2D eigenvalue weighted by Crippen LogP contribution is -2.46. The van der Waals surface area contributed by atoms with Gasteiger partial charge in [0.2, 0.25) is 0 Å².